The lowest BCUT2D eigenvalue weighted by atomic mass is 10.1. The van der Waals surface area contributed by atoms with E-state index < -0.39 is 18.7 Å². The highest BCUT2D eigenvalue weighted by molar-refractivity contribution is 5.92. The fourth-order valence-electron chi connectivity index (χ4n) is 1.23. The number of primary amides is 1. The van der Waals surface area contributed by atoms with Crippen molar-refractivity contribution in [2.75, 3.05) is 6.61 Å². The fraction of sp³-hybridized carbons (Fsp3) is 0.400. The largest absolute Gasteiger partial charge is 0.482 e. The van der Waals surface area contributed by atoms with Gasteiger partial charge in [0.05, 0.1) is 6.20 Å². The summed E-state index contributed by atoms with van der Waals surface area (Å²) in [4.78, 5) is 14.6. The fourth-order valence-corrected chi connectivity index (χ4v) is 1.23. The zero-order valence-electron chi connectivity index (χ0n) is 9.26. The number of alkyl halides is 3. The van der Waals surface area contributed by atoms with Gasteiger partial charge in [-0.15, -0.1) is 0 Å². The highest BCUT2D eigenvalue weighted by Crippen LogP contribution is 2.24. The highest BCUT2D eigenvalue weighted by Gasteiger charge is 2.29. The summed E-state index contributed by atoms with van der Waals surface area (Å²) in [5.74, 6) is -0.738. The van der Waals surface area contributed by atoms with Gasteiger partial charge in [-0.2, -0.15) is 13.2 Å². The van der Waals surface area contributed by atoms with Gasteiger partial charge in [-0.1, -0.05) is 0 Å². The Hall–Kier alpha value is -1.79. The molecule has 1 heterocycles. The van der Waals surface area contributed by atoms with Gasteiger partial charge in [-0.3, -0.25) is 4.79 Å². The molecular formula is C10H11F3N2O2. The molecule has 0 aliphatic carbocycles. The minimum Gasteiger partial charge on any atom is -0.482 e. The first-order valence-electron chi connectivity index (χ1n) is 4.68. The second-order valence-corrected chi connectivity index (χ2v) is 3.49. The minimum absolute atomic E-state index is 0.00942. The van der Waals surface area contributed by atoms with Crippen LogP contribution in [-0.4, -0.2) is 23.7 Å². The molecule has 0 saturated carbocycles. The maximum absolute atomic E-state index is 12.0. The predicted octanol–water partition coefficient (Wildman–Crippen LogP) is 1.74. The first-order chi connectivity index (χ1) is 7.72. The van der Waals surface area contributed by atoms with Gasteiger partial charge in [0.15, 0.2) is 6.61 Å². The average molecular weight is 248 g/mol. The zero-order valence-corrected chi connectivity index (χ0v) is 9.26. The van der Waals surface area contributed by atoms with Crippen LogP contribution in [0.5, 0.6) is 5.75 Å². The Morgan fingerprint density at radius 2 is 2.00 bits per heavy atom. The van der Waals surface area contributed by atoms with Gasteiger partial charge in [-0.05, 0) is 25.0 Å². The topological polar surface area (TPSA) is 65.2 Å². The summed E-state index contributed by atoms with van der Waals surface area (Å²) < 4.78 is 40.5. The molecule has 0 aliphatic heterocycles. The number of hydrogen-bond acceptors (Lipinski definition) is 3. The third kappa shape index (κ3) is 3.33. The Morgan fingerprint density at radius 3 is 2.47 bits per heavy atom. The number of nitrogens with two attached hydrogens (primary N) is 1. The molecule has 4 nitrogen and oxygen atoms in total. The molecule has 17 heavy (non-hydrogen) atoms. The molecule has 0 unspecified atom stereocenters. The minimum atomic E-state index is -4.41. The molecule has 0 aliphatic rings. The van der Waals surface area contributed by atoms with Crippen LogP contribution in [0.1, 0.15) is 21.6 Å². The molecule has 0 atom stereocenters. The number of rotatable bonds is 3. The number of halogens is 3. The summed E-state index contributed by atoms with van der Waals surface area (Å²) in [6.45, 7) is 1.68. The van der Waals surface area contributed by atoms with Crippen molar-refractivity contribution in [2.45, 2.75) is 20.0 Å². The summed E-state index contributed by atoms with van der Waals surface area (Å²) in [7, 11) is 0. The van der Waals surface area contributed by atoms with Gasteiger partial charge in [-0.25, -0.2) is 4.98 Å². The van der Waals surface area contributed by atoms with E-state index in [1.54, 1.807) is 6.92 Å². The van der Waals surface area contributed by atoms with Gasteiger partial charge in [0.1, 0.15) is 11.4 Å². The molecule has 0 saturated heterocycles. The average Bonchev–Trinajstić information content (AvgIpc) is 2.18. The van der Waals surface area contributed by atoms with Gasteiger partial charge in [0.2, 0.25) is 0 Å². The van der Waals surface area contributed by atoms with Crippen LogP contribution in [0.25, 0.3) is 0 Å². The van der Waals surface area contributed by atoms with Crippen LogP contribution in [-0.2, 0) is 0 Å². The van der Waals surface area contributed by atoms with E-state index in [0.29, 0.717) is 11.1 Å². The zero-order chi connectivity index (χ0) is 13.2. The van der Waals surface area contributed by atoms with E-state index in [4.69, 9.17) is 5.73 Å². The molecule has 2 N–H and O–H groups in total. The highest BCUT2D eigenvalue weighted by atomic mass is 19.4. The van der Waals surface area contributed by atoms with Crippen molar-refractivity contribution < 1.29 is 22.7 Å². The monoisotopic (exact) mass is 248 g/mol. The van der Waals surface area contributed by atoms with Crippen molar-refractivity contribution in [1.29, 1.82) is 0 Å². The normalized spacial score (nSPS) is 11.4. The molecule has 0 radical (unpaired) electrons. The first-order valence-corrected chi connectivity index (χ1v) is 4.68. The van der Waals surface area contributed by atoms with E-state index in [0.717, 1.165) is 6.20 Å². The number of carbonyl (C=O) groups is 1. The standard InChI is InChI=1S/C10H11F3N2O2/c1-5-6(2)8(9(14)16)15-3-7(5)17-4-10(11,12)13/h3H,4H2,1-2H3,(H2,14,16). The van der Waals surface area contributed by atoms with Crippen LogP contribution >= 0.6 is 0 Å². The predicted molar refractivity (Wildman–Crippen MR) is 53.8 cm³/mol. The Kier molecular flexibility index (Phi) is 3.59. The maximum Gasteiger partial charge on any atom is 0.422 e. The summed E-state index contributed by atoms with van der Waals surface area (Å²) in [5.41, 5.74) is 5.91. The maximum atomic E-state index is 12.0. The summed E-state index contributed by atoms with van der Waals surface area (Å²) >= 11 is 0. The smallest absolute Gasteiger partial charge is 0.422 e. The Bertz CT molecular complexity index is 444. The van der Waals surface area contributed by atoms with Crippen molar-refractivity contribution in [2.24, 2.45) is 5.73 Å². The second kappa shape index (κ2) is 4.60. The first kappa shape index (κ1) is 13.3. The van der Waals surface area contributed by atoms with E-state index in [9.17, 15) is 18.0 Å². The van der Waals surface area contributed by atoms with E-state index in [2.05, 4.69) is 9.72 Å². The number of ether oxygens (including phenoxy) is 1. The van der Waals surface area contributed by atoms with E-state index in [1.807, 2.05) is 0 Å². The lowest BCUT2D eigenvalue weighted by molar-refractivity contribution is -0.153. The molecule has 1 aromatic heterocycles. The molecule has 1 aromatic rings. The van der Waals surface area contributed by atoms with Crippen LogP contribution in [0, 0.1) is 13.8 Å². The van der Waals surface area contributed by atoms with Crippen molar-refractivity contribution in [1.82, 2.24) is 4.98 Å². The molecule has 0 fully saturated rings. The number of carbonyl (C=O) groups excluding carboxylic acids is 1. The lowest BCUT2D eigenvalue weighted by Crippen LogP contribution is -2.21. The van der Waals surface area contributed by atoms with Gasteiger partial charge in [0.25, 0.3) is 5.91 Å². The summed E-state index contributed by atoms with van der Waals surface area (Å²) in [5, 5.41) is 0. The van der Waals surface area contributed by atoms with Crippen molar-refractivity contribution >= 4 is 5.91 Å². The van der Waals surface area contributed by atoms with Gasteiger partial charge >= 0.3 is 6.18 Å². The SMILES string of the molecule is Cc1c(OCC(F)(F)F)cnc(C(N)=O)c1C. The van der Waals surface area contributed by atoms with Crippen LogP contribution in [0.15, 0.2) is 6.20 Å². The molecule has 1 amide bonds. The quantitative estimate of drug-likeness (QED) is 0.886. The van der Waals surface area contributed by atoms with E-state index in [-0.39, 0.29) is 11.4 Å². The number of aromatic nitrogens is 1. The van der Waals surface area contributed by atoms with Crippen molar-refractivity contribution in [3.63, 3.8) is 0 Å². The third-order valence-corrected chi connectivity index (χ3v) is 2.22. The number of hydrogen-bond donors (Lipinski definition) is 1. The van der Waals surface area contributed by atoms with Crippen LogP contribution in [0.2, 0.25) is 0 Å². The Balaban J connectivity index is 2.97. The van der Waals surface area contributed by atoms with Crippen molar-refractivity contribution in [3.05, 3.63) is 23.0 Å². The molecule has 7 heteroatoms. The van der Waals surface area contributed by atoms with Crippen LogP contribution in [0.4, 0.5) is 13.2 Å². The Labute approximate surface area is 95.6 Å². The summed E-state index contributed by atoms with van der Waals surface area (Å²) in [6.07, 6.45) is -3.35. The molecule has 0 aromatic carbocycles. The number of nitrogens with zero attached hydrogens (tertiary/aromatic N) is 1. The summed E-state index contributed by atoms with van der Waals surface area (Å²) in [6, 6.07) is 0. The number of amides is 1. The molecular weight excluding hydrogens is 237 g/mol. The van der Waals surface area contributed by atoms with Crippen LogP contribution < -0.4 is 10.5 Å². The van der Waals surface area contributed by atoms with E-state index >= 15 is 0 Å². The van der Waals surface area contributed by atoms with Gasteiger partial charge < -0.3 is 10.5 Å². The van der Waals surface area contributed by atoms with Crippen molar-refractivity contribution in [3.8, 4) is 5.75 Å². The van der Waals surface area contributed by atoms with Gasteiger partial charge in [0, 0.05) is 0 Å². The van der Waals surface area contributed by atoms with E-state index in [1.165, 1.54) is 6.92 Å². The molecule has 1 rings (SSSR count). The molecule has 94 valence electrons. The lowest BCUT2D eigenvalue weighted by Gasteiger charge is -2.13. The second-order valence-electron chi connectivity index (χ2n) is 3.49. The number of pyridine rings is 1. The van der Waals surface area contributed by atoms with Crippen LogP contribution in [0.3, 0.4) is 0 Å². The Morgan fingerprint density at radius 1 is 1.41 bits per heavy atom. The third-order valence-electron chi connectivity index (χ3n) is 2.22. The molecule has 0 bridgehead atoms. The molecule has 0 spiro atoms.